The van der Waals surface area contributed by atoms with E-state index in [1.807, 2.05) is 0 Å². The molecule has 0 aliphatic carbocycles. The van der Waals surface area contributed by atoms with Crippen molar-refractivity contribution in [3.63, 3.8) is 0 Å². The molecule has 21 heavy (non-hydrogen) atoms. The van der Waals surface area contributed by atoms with Crippen LogP contribution in [-0.2, 0) is 6.42 Å². The van der Waals surface area contributed by atoms with E-state index < -0.39 is 0 Å². The van der Waals surface area contributed by atoms with Crippen LogP contribution in [0.25, 0.3) is 0 Å². The van der Waals surface area contributed by atoms with E-state index in [0.717, 1.165) is 0 Å². The maximum atomic E-state index is 2.58. The van der Waals surface area contributed by atoms with Crippen molar-refractivity contribution in [2.24, 2.45) is 0 Å². The predicted octanol–water partition coefficient (Wildman–Crippen LogP) is 5.24. The molecule has 116 valence electrons. The molecule has 0 aliphatic heterocycles. The van der Waals surface area contributed by atoms with E-state index in [4.69, 9.17) is 0 Å². The lowest BCUT2D eigenvalue weighted by atomic mass is 10.1. The fraction of sp³-hybridized carbons (Fsp3) is 0.500. The molecule has 0 bridgehead atoms. The summed E-state index contributed by atoms with van der Waals surface area (Å²) >= 11 is 0. The van der Waals surface area contributed by atoms with Gasteiger partial charge in [0, 0.05) is 0 Å². The minimum Gasteiger partial charge on any atom is -0.304 e. The van der Waals surface area contributed by atoms with Crippen molar-refractivity contribution in [2.75, 3.05) is 19.6 Å². The lowest BCUT2D eigenvalue weighted by molar-refractivity contribution is 0.279. The Morgan fingerprint density at radius 1 is 0.952 bits per heavy atom. The van der Waals surface area contributed by atoms with Gasteiger partial charge >= 0.3 is 0 Å². The van der Waals surface area contributed by atoms with Crippen molar-refractivity contribution in [3.8, 4) is 0 Å². The van der Waals surface area contributed by atoms with Gasteiger partial charge in [-0.2, -0.15) is 0 Å². The summed E-state index contributed by atoms with van der Waals surface area (Å²) in [5.74, 6) is 0. The molecule has 0 unspecified atom stereocenters. The van der Waals surface area contributed by atoms with Crippen LogP contribution in [0.2, 0.25) is 0 Å². The number of nitrogens with zero attached hydrogens (tertiary/aromatic N) is 1. The molecular weight excluding hydrogens is 254 g/mol. The highest BCUT2D eigenvalue weighted by Crippen LogP contribution is 2.06. The zero-order valence-electron chi connectivity index (χ0n) is 13.8. The maximum absolute atomic E-state index is 2.58. The van der Waals surface area contributed by atoms with Crippen LogP contribution < -0.4 is 0 Å². The highest BCUT2D eigenvalue weighted by Gasteiger charge is 2.01. The number of rotatable bonds is 11. The SMILES string of the molecule is C/C=C\C=C/CCCN(CC)CCCCc1ccccc1. The summed E-state index contributed by atoms with van der Waals surface area (Å²) in [6, 6.07) is 10.8. The standard InChI is InChI=1S/C20H31N/c1-3-5-6-7-8-13-18-21(4-2)19-14-12-17-20-15-10-9-11-16-20/h3,5-7,9-11,15-16H,4,8,12-14,17-19H2,1-2H3/b5-3-,7-6-. The Kier molecular flexibility index (Phi) is 10.5. The first-order valence-corrected chi connectivity index (χ1v) is 8.41. The summed E-state index contributed by atoms with van der Waals surface area (Å²) in [5, 5.41) is 0. The smallest absolute Gasteiger partial charge is 0.00159 e. The highest BCUT2D eigenvalue weighted by molar-refractivity contribution is 5.14. The van der Waals surface area contributed by atoms with Gasteiger partial charge in [-0.05, 0) is 64.2 Å². The molecule has 0 heterocycles. The van der Waals surface area contributed by atoms with Gasteiger partial charge in [0.1, 0.15) is 0 Å². The van der Waals surface area contributed by atoms with E-state index in [1.54, 1.807) is 0 Å². The Balaban J connectivity index is 2.08. The van der Waals surface area contributed by atoms with E-state index in [9.17, 15) is 0 Å². The van der Waals surface area contributed by atoms with Crippen LogP contribution in [0.4, 0.5) is 0 Å². The van der Waals surface area contributed by atoms with Crippen LogP contribution in [0.5, 0.6) is 0 Å². The fourth-order valence-electron chi connectivity index (χ4n) is 2.46. The molecule has 1 nitrogen and oxygen atoms in total. The molecule has 1 rings (SSSR count). The van der Waals surface area contributed by atoms with Gasteiger partial charge in [-0.25, -0.2) is 0 Å². The third kappa shape index (κ3) is 9.25. The summed E-state index contributed by atoms with van der Waals surface area (Å²) in [6.45, 7) is 7.96. The lowest BCUT2D eigenvalue weighted by Crippen LogP contribution is -2.25. The normalized spacial score (nSPS) is 12.0. The summed E-state index contributed by atoms with van der Waals surface area (Å²) in [4.78, 5) is 2.58. The number of aryl methyl sites for hydroxylation is 1. The second-order valence-corrected chi connectivity index (χ2v) is 5.47. The first-order valence-electron chi connectivity index (χ1n) is 8.41. The number of unbranched alkanes of at least 4 members (excludes halogenated alkanes) is 2. The van der Waals surface area contributed by atoms with Crippen molar-refractivity contribution in [1.82, 2.24) is 4.90 Å². The molecule has 0 aromatic heterocycles. The summed E-state index contributed by atoms with van der Waals surface area (Å²) in [5.41, 5.74) is 1.47. The third-order valence-corrected chi connectivity index (χ3v) is 3.76. The maximum Gasteiger partial charge on any atom is -0.00159 e. The minimum atomic E-state index is 1.17. The van der Waals surface area contributed by atoms with Gasteiger partial charge < -0.3 is 4.90 Å². The average molecular weight is 285 g/mol. The molecule has 0 spiro atoms. The number of allylic oxidation sites excluding steroid dienone is 4. The Bertz CT molecular complexity index is 392. The molecule has 0 radical (unpaired) electrons. The average Bonchev–Trinajstić information content (AvgIpc) is 2.53. The van der Waals surface area contributed by atoms with Crippen molar-refractivity contribution in [2.45, 2.75) is 46.0 Å². The van der Waals surface area contributed by atoms with Gasteiger partial charge in [-0.1, -0.05) is 61.6 Å². The van der Waals surface area contributed by atoms with E-state index in [0.29, 0.717) is 0 Å². The van der Waals surface area contributed by atoms with Gasteiger partial charge in [0.05, 0.1) is 0 Å². The Morgan fingerprint density at radius 2 is 1.71 bits per heavy atom. The molecule has 0 saturated carbocycles. The Morgan fingerprint density at radius 3 is 2.43 bits per heavy atom. The molecule has 1 aromatic rings. The highest BCUT2D eigenvalue weighted by atomic mass is 15.1. The molecule has 0 aliphatic rings. The first-order chi connectivity index (χ1) is 10.4. The van der Waals surface area contributed by atoms with E-state index >= 15 is 0 Å². The van der Waals surface area contributed by atoms with Gasteiger partial charge in [-0.15, -0.1) is 0 Å². The number of hydrogen-bond donors (Lipinski definition) is 0. The molecule has 0 N–H and O–H groups in total. The Hall–Kier alpha value is -1.34. The molecule has 1 aromatic carbocycles. The van der Waals surface area contributed by atoms with Crippen molar-refractivity contribution >= 4 is 0 Å². The van der Waals surface area contributed by atoms with Crippen LogP contribution >= 0.6 is 0 Å². The molecular formula is C20H31N. The zero-order valence-corrected chi connectivity index (χ0v) is 13.8. The van der Waals surface area contributed by atoms with Crippen LogP contribution in [0.15, 0.2) is 54.6 Å². The second kappa shape index (κ2) is 12.4. The molecule has 1 heteroatoms. The third-order valence-electron chi connectivity index (χ3n) is 3.76. The number of benzene rings is 1. The predicted molar refractivity (Wildman–Crippen MR) is 94.7 cm³/mol. The van der Waals surface area contributed by atoms with Crippen molar-refractivity contribution in [3.05, 3.63) is 60.2 Å². The second-order valence-electron chi connectivity index (χ2n) is 5.47. The van der Waals surface area contributed by atoms with Crippen LogP contribution in [0.3, 0.4) is 0 Å². The first kappa shape index (κ1) is 17.7. The quantitative estimate of drug-likeness (QED) is 0.397. The fourth-order valence-corrected chi connectivity index (χ4v) is 2.46. The van der Waals surface area contributed by atoms with E-state index in [2.05, 4.69) is 73.4 Å². The van der Waals surface area contributed by atoms with Crippen molar-refractivity contribution in [1.29, 1.82) is 0 Å². The van der Waals surface area contributed by atoms with Crippen LogP contribution in [0, 0.1) is 0 Å². The summed E-state index contributed by atoms with van der Waals surface area (Å²) in [6.07, 6.45) is 14.8. The van der Waals surface area contributed by atoms with Gasteiger partial charge in [0.2, 0.25) is 0 Å². The zero-order chi connectivity index (χ0) is 15.2. The van der Waals surface area contributed by atoms with Crippen molar-refractivity contribution < 1.29 is 0 Å². The van der Waals surface area contributed by atoms with Crippen LogP contribution in [0.1, 0.15) is 45.1 Å². The summed E-state index contributed by atoms with van der Waals surface area (Å²) < 4.78 is 0. The van der Waals surface area contributed by atoms with Gasteiger partial charge in [-0.3, -0.25) is 0 Å². The Labute approximate surface area is 131 Å². The van der Waals surface area contributed by atoms with Gasteiger partial charge in [0.25, 0.3) is 0 Å². The molecule has 0 saturated heterocycles. The summed E-state index contributed by atoms with van der Waals surface area (Å²) in [7, 11) is 0. The molecule has 0 fully saturated rings. The lowest BCUT2D eigenvalue weighted by Gasteiger charge is -2.19. The topological polar surface area (TPSA) is 3.24 Å². The monoisotopic (exact) mass is 285 g/mol. The molecule has 0 amide bonds. The van der Waals surface area contributed by atoms with Crippen LogP contribution in [-0.4, -0.2) is 24.5 Å². The van der Waals surface area contributed by atoms with E-state index in [1.165, 1.54) is 57.3 Å². The minimum absolute atomic E-state index is 1.17. The van der Waals surface area contributed by atoms with E-state index in [-0.39, 0.29) is 0 Å². The molecule has 0 atom stereocenters. The van der Waals surface area contributed by atoms with Gasteiger partial charge in [0.15, 0.2) is 0 Å². The largest absolute Gasteiger partial charge is 0.304 e. The number of hydrogen-bond acceptors (Lipinski definition) is 1.